The largest absolute Gasteiger partial charge is 0.463 e. The van der Waals surface area contributed by atoms with Crippen LogP contribution in [0.1, 0.15) is 6.92 Å². The summed E-state index contributed by atoms with van der Waals surface area (Å²) in [5.41, 5.74) is 0.883. The van der Waals surface area contributed by atoms with E-state index in [1.54, 1.807) is 0 Å². The summed E-state index contributed by atoms with van der Waals surface area (Å²) in [4.78, 5) is 0. The molecule has 1 fully saturated rings. The van der Waals surface area contributed by atoms with Gasteiger partial charge in [0.25, 0.3) is 0 Å². The van der Waals surface area contributed by atoms with Crippen molar-refractivity contribution in [2.75, 3.05) is 6.61 Å². The average Bonchev–Trinajstić information content (AvgIpc) is 2.14. The molecule has 1 aliphatic heterocycles. The van der Waals surface area contributed by atoms with Crippen LogP contribution in [0.15, 0.2) is 24.5 Å². The van der Waals surface area contributed by atoms with Crippen molar-refractivity contribution >= 4 is 0 Å². The zero-order valence-corrected chi connectivity index (χ0v) is 5.52. The molecule has 1 heterocycles. The van der Waals surface area contributed by atoms with Gasteiger partial charge in [0.1, 0.15) is 12.4 Å². The molecule has 1 rings (SSSR count). The van der Waals surface area contributed by atoms with E-state index in [2.05, 4.69) is 13.2 Å². The topological polar surface area (TPSA) is 18.5 Å². The lowest BCUT2D eigenvalue weighted by Crippen LogP contribution is -2.06. The summed E-state index contributed by atoms with van der Waals surface area (Å²) in [6.07, 6.45) is -0.252. The maximum Gasteiger partial charge on any atom is 0.222 e. The molecule has 0 aromatic heterocycles. The van der Waals surface area contributed by atoms with Crippen LogP contribution in [0.25, 0.3) is 0 Å². The molecular formula is C7H10O2. The number of ether oxygens (including phenoxy) is 2. The van der Waals surface area contributed by atoms with Crippen LogP contribution in [0, 0.1) is 0 Å². The first-order valence-electron chi connectivity index (χ1n) is 2.81. The fourth-order valence-corrected chi connectivity index (χ4v) is 0.631. The molecule has 0 saturated carbocycles. The van der Waals surface area contributed by atoms with Gasteiger partial charge in [0.05, 0.1) is 0 Å². The Morgan fingerprint density at radius 1 is 1.78 bits per heavy atom. The Kier molecular flexibility index (Phi) is 1.58. The maximum absolute atomic E-state index is 5.11. The molecule has 0 aromatic rings. The molecule has 50 valence electrons. The van der Waals surface area contributed by atoms with E-state index >= 15 is 0 Å². The normalized spacial score (nSPS) is 25.9. The molecule has 0 spiro atoms. The van der Waals surface area contributed by atoms with Crippen molar-refractivity contribution in [3.63, 3.8) is 0 Å². The van der Waals surface area contributed by atoms with Gasteiger partial charge in [0.15, 0.2) is 0 Å². The lowest BCUT2D eigenvalue weighted by atomic mass is 10.3. The van der Waals surface area contributed by atoms with Crippen molar-refractivity contribution in [1.29, 1.82) is 0 Å². The predicted molar refractivity (Wildman–Crippen MR) is 34.8 cm³/mol. The van der Waals surface area contributed by atoms with Crippen LogP contribution in [0.5, 0.6) is 0 Å². The molecule has 0 aromatic carbocycles. The van der Waals surface area contributed by atoms with Gasteiger partial charge in [-0.15, -0.1) is 0 Å². The second-order valence-corrected chi connectivity index (χ2v) is 2.15. The fraction of sp³-hybridized carbons (Fsp3) is 0.429. The zero-order valence-electron chi connectivity index (χ0n) is 5.52. The Morgan fingerprint density at radius 3 is 2.67 bits per heavy atom. The minimum atomic E-state index is -0.252. The van der Waals surface area contributed by atoms with E-state index in [0.717, 1.165) is 5.57 Å². The number of rotatable bonds is 1. The van der Waals surface area contributed by atoms with Crippen molar-refractivity contribution in [3.8, 4) is 0 Å². The smallest absolute Gasteiger partial charge is 0.222 e. The highest BCUT2D eigenvalue weighted by atomic mass is 16.7. The molecule has 9 heavy (non-hydrogen) atoms. The van der Waals surface area contributed by atoms with Crippen LogP contribution < -0.4 is 0 Å². The lowest BCUT2D eigenvalue weighted by Gasteiger charge is -2.06. The number of hydrogen-bond donors (Lipinski definition) is 0. The maximum atomic E-state index is 5.11. The fourth-order valence-electron chi connectivity index (χ4n) is 0.631. The van der Waals surface area contributed by atoms with Crippen molar-refractivity contribution in [2.45, 2.75) is 13.2 Å². The van der Waals surface area contributed by atoms with Gasteiger partial charge >= 0.3 is 0 Å². The Balaban J connectivity index is 2.48. The lowest BCUT2D eigenvalue weighted by molar-refractivity contribution is -0.000253. The minimum absolute atomic E-state index is 0.252. The van der Waals surface area contributed by atoms with E-state index in [9.17, 15) is 0 Å². The van der Waals surface area contributed by atoms with Gasteiger partial charge < -0.3 is 9.47 Å². The SMILES string of the molecule is C=C1COC(C(=C)C)O1. The summed E-state index contributed by atoms with van der Waals surface area (Å²) in [6.45, 7) is 9.64. The van der Waals surface area contributed by atoms with Gasteiger partial charge in [0, 0.05) is 0 Å². The minimum Gasteiger partial charge on any atom is -0.463 e. The van der Waals surface area contributed by atoms with Gasteiger partial charge in [-0.3, -0.25) is 0 Å². The summed E-state index contributed by atoms with van der Waals surface area (Å²) in [5, 5.41) is 0. The second-order valence-electron chi connectivity index (χ2n) is 2.15. The third-order valence-electron chi connectivity index (χ3n) is 1.07. The summed E-state index contributed by atoms with van der Waals surface area (Å²) >= 11 is 0. The molecule has 0 bridgehead atoms. The van der Waals surface area contributed by atoms with Gasteiger partial charge in [-0.05, 0) is 12.5 Å². The van der Waals surface area contributed by atoms with Crippen molar-refractivity contribution in [2.24, 2.45) is 0 Å². The Labute approximate surface area is 54.8 Å². The molecule has 0 radical (unpaired) electrons. The Morgan fingerprint density at radius 2 is 2.44 bits per heavy atom. The first-order valence-corrected chi connectivity index (χ1v) is 2.81. The first-order chi connectivity index (χ1) is 4.20. The molecule has 0 N–H and O–H groups in total. The Hall–Kier alpha value is -0.760. The third kappa shape index (κ3) is 1.33. The summed E-state index contributed by atoms with van der Waals surface area (Å²) < 4.78 is 10.2. The highest BCUT2D eigenvalue weighted by Gasteiger charge is 2.19. The van der Waals surface area contributed by atoms with Gasteiger partial charge in [-0.2, -0.15) is 0 Å². The molecule has 0 amide bonds. The van der Waals surface area contributed by atoms with E-state index in [1.165, 1.54) is 0 Å². The third-order valence-corrected chi connectivity index (χ3v) is 1.07. The van der Waals surface area contributed by atoms with Crippen molar-refractivity contribution in [3.05, 3.63) is 24.5 Å². The van der Waals surface area contributed by atoms with Crippen LogP contribution in [0.3, 0.4) is 0 Å². The van der Waals surface area contributed by atoms with Crippen molar-refractivity contribution in [1.82, 2.24) is 0 Å². The van der Waals surface area contributed by atoms with E-state index in [4.69, 9.17) is 9.47 Å². The summed E-state index contributed by atoms with van der Waals surface area (Å²) in [5.74, 6) is 0.683. The second kappa shape index (κ2) is 2.23. The highest BCUT2D eigenvalue weighted by molar-refractivity contribution is 5.00. The zero-order chi connectivity index (χ0) is 6.85. The molecule has 1 unspecified atom stereocenters. The molecule has 0 aliphatic carbocycles. The van der Waals surface area contributed by atoms with Crippen LogP contribution in [0.4, 0.5) is 0 Å². The van der Waals surface area contributed by atoms with Crippen LogP contribution >= 0.6 is 0 Å². The number of hydrogen-bond acceptors (Lipinski definition) is 2. The molecule has 1 saturated heterocycles. The van der Waals surface area contributed by atoms with Crippen LogP contribution in [0.2, 0.25) is 0 Å². The van der Waals surface area contributed by atoms with Gasteiger partial charge in [-0.25, -0.2) is 0 Å². The summed E-state index contributed by atoms with van der Waals surface area (Å²) in [6, 6.07) is 0. The molecule has 2 nitrogen and oxygen atoms in total. The summed E-state index contributed by atoms with van der Waals surface area (Å²) in [7, 11) is 0. The quantitative estimate of drug-likeness (QED) is 0.495. The van der Waals surface area contributed by atoms with E-state index in [0.29, 0.717) is 12.4 Å². The standard InChI is InChI=1S/C7H10O2/c1-5(2)7-8-4-6(3)9-7/h7H,1,3-4H2,2H3. The van der Waals surface area contributed by atoms with E-state index in [1.807, 2.05) is 6.92 Å². The van der Waals surface area contributed by atoms with Crippen LogP contribution in [-0.2, 0) is 9.47 Å². The molecule has 2 heteroatoms. The van der Waals surface area contributed by atoms with E-state index in [-0.39, 0.29) is 6.29 Å². The van der Waals surface area contributed by atoms with E-state index < -0.39 is 0 Å². The molecular weight excluding hydrogens is 116 g/mol. The first kappa shape index (κ1) is 6.36. The monoisotopic (exact) mass is 126 g/mol. The van der Waals surface area contributed by atoms with Crippen molar-refractivity contribution < 1.29 is 9.47 Å². The molecule has 1 aliphatic rings. The van der Waals surface area contributed by atoms with Crippen LogP contribution in [-0.4, -0.2) is 12.9 Å². The highest BCUT2D eigenvalue weighted by Crippen LogP contribution is 2.17. The molecule has 1 atom stereocenters. The average molecular weight is 126 g/mol. The van der Waals surface area contributed by atoms with Gasteiger partial charge in [0.2, 0.25) is 6.29 Å². The predicted octanol–water partition coefficient (Wildman–Crippen LogP) is 1.45. The Bertz CT molecular complexity index is 149. The van der Waals surface area contributed by atoms with Gasteiger partial charge in [-0.1, -0.05) is 13.2 Å².